The molecule has 1 aromatic heterocycles. The van der Waals surface area contributed by atoms with Gasteiger partial charge in [-0.1, -0.05) is 0 Å². The molecule has 1 atom stereocenters. The largest absolute Gasteiger partial charge is 0.444 e. The second-order valence-corrected chi connectivity index (χ2v) is 3.59. The fourth-order valence-corrected chi connectivity index (χ4v) is 1.73. The van der Waals surface area contributed by atoms with E-state index in [9.17, 15) is 4.79 Å². The van der Waals surface area contributed by atoms with E-state index in [1.807, 2.05) is 4.90 Å². The van der Waals surface area contributed by atoms with E-state index in [0.717, 1.165) is 18.8 Å². The quantitative estimate of drug-likeness (QED) is 0.714. The normalized spacial score (nSPS) is 19.8. The summed E-state index contributed by atoms with van der Waals surface area (Å²) in [5.41, 5.74) is 10.5. The van der Waals surface area contributed by atoms with Crippen LogP contribution in [0.2, 0.25) is 0 Å². The molecular formula is C9H13N5O2. The van der Waals surface area contributed by atoms with Crippen LogP contribution in [0.3, 0.4) is 0 Å². The fourth-order valence-electron chi connectivity index (χ4n) is 1.73. The molecule has 0 spiro atoms. The summed E-state index contributed by atoms with van der Waals surface area (Å²) in [5.74, 6) is 1.16. The second-order valence-electron chi connectivity index (χ2n) is 3.59. The lowest BCUT2D eigenvalue weighted by atomic mass is 10.3. The molecule has 1 saturated heterocycles. The van der Waals surface area contributed by atoms with Crippen molar-refractivity contribution >= 4 is 17.7 Å². The first-order valence-corrected chi connectivity index (χ1v) is 4.93. The molecule has 1 amide bonds. The van der Waals surface area contributed by atoms with Gasteiger partial charge in [-0.05, 0) is 0 Å². The summed E-state index contributed by atoms with van der Waals surface area (Å²) in [4.78, 5) is 20.5. The summed E-state index contributed by atoms with van der Waals surface area (Å²) >= 11 is 0. The van der Waals surface area contributed by atoms with Crippen molar-refractivity contribution in [3.8, 4) is 0 Å². The number of carbonyl (C=O) groups is 1. The van der Waals surface area contributed by atoms with E-state index in [2.05, 4.69) is 9.97 Å². The second kappa shape index (κ2) is 4.21. The van der Waals surface area contributed by atoms with E-state index >= 15 is 0 Å². The molecule has 2 rings (SSSR count). The minimum Gasteiger partial charge on any atom is -0.444 e. The third-order valence-corrected chi connectivity index (χ3v) is 2.43. The molecule has 1 fully saturated rings. The molecule has 16 heavy (non-hydrogen) atoms. The molecule has 0 aromatic carbocycles. The zero-order valence-electron chi connectivity index (χ0n) is 8.67. The number of nitrogen functional groups attached to an aromatic ring is 1. The Morgan fingerprint density at radius 3 is 3.06 bits per heavy atom. The summed E-state index contributed by atoms with van der Waals surface area (Å²) in [5, 5.41) is 0. The lowest BCUT2D eigenvalue weighted by Crippen LogP contribution is -2.27. The van der Waals surface area contributed by atoms with Gasteiger partial charge in [0.1, 0.15) is 24.1 Å². The number of ether oxygens (including phenoxy) is 1. The Hall–Kier alpha value is -2.05. The number of nitrogens with zero attached hydrogens (tertiary/aromatic N) is 3. The van der Waals surface area contributed by atoms with E-state index in [0.29, 0.717) is 12.4 Å². The number of hydrogen-bond donors (Lipinski definition) is 2. The number of amides is 1. The molecule has 4 N–H and O–H groups in total. The van der Waals surface area contributed by atoms with E-state index < -0.39 is 6.09 Å². The zero-order valence-corrected chi connectivity index (χ0v) is 8.67. The first kappa shape index (κ1) is 10.5. The standard InChI is InChI=1S/C9H13N5O2/c10-7-3-8(13-5-12-7)14-2-1-6(4-14)16-9(11)15/h3,5-6H,1-2,4H2,(H2,11,15)(H2,10,12,13). The fraction of sp³-hybridized carbons (Fsp3) is 0.444. The molecule has 1 aliphatic heterocycles. The highest BCUT2D eigenvalue weighted by Crippen LogP contribution is 2.20. The molecule has 0 saturated carbocycles. The SMILES string of the molecule is NC(=O)OC1CCN(c2cc(N)ncn2)C1. The van der Waals surface area contributed by atoms with Gasteiger partial charge in [0.05, 0.1) is 6.54 Å². The van der Waals surface area contributed by atoms with Crippen molar-refractivity contribution in [2.75, 3.05) is 23.7 Å². The summed E-state index contributed by atoms with van der Waals surface area (Å²) < 4.78 is 4.92. The summed E-state index contributed by atoms with van der Waals surface area (Å²) in [6.45, 7) is 1.34. The molecule has 7 nitrogen and oxygen atoms in total. The Kier molecular flexibility index (Phi) is 2.76. The van der Waals surface area contributed by atoms with Gasteiger partial charge in [0, 0.05) is 19.0 Å². The molecule has 86 valence electrons. The number of nitrogens with two attached hydrogens (primary N) is 2. The van der Waals surface area contributed by atoms with Gasteiger partial charge in [0.25, 0.3) is 0 Å². The minimum absolute atomic E-state index is 0.173. The molecule has 2 heterocycles. The van der Waals surface area contributed by atoms with E-state index in [1.54, 1.807) is 6.07 Å². The Bertz CT molecular complexity index is 397. The van der Waals surface area contributed by atoms with Crippen molar-refractivity contribution < 1.29 is 9.53 Å². The Morgan fingerprint density at radius 2 is 2.38 bits per heavy atom. The highest BCUT2D eigenvalue weighted by Gasteiger charge is 2.25. The van der Waals surface area contributed by atoms with Gasteiger partial charge in [0.2, 0.25) is 0 Å². The smallest absolute Gasteiger partial charge is 0.404 e. The number of rotatable bonds is 2. The predicted octanol–water partition coefficient (Wildman–Crippen LogP) is -0.267. The Balaban J connectivity index is 2.00. The minimum atomic E-state index is -0.742. The number of hydrogen-bond acceptors (Lipinski definition) is 6. The van der Waals surface area contributed by atoms with Crippen LogP contribution in [0.5, 0.6) is 0 Å². The summed E-state index contributed by atoms with van der Waals surface area (Å²) in [6, 6.07) is 1.69. The molecule has 0 aliphatic carbocycles. The van der Waals surface area contributed by atoms with E-state index in [-0.39, 0.29) is 6.10 Å². The molecule has 1 unspecified atom stereocenters. The molecular weight excluding hydrogens is 210 g/mol. The first-order chi connectivity index (χ1) is 7.65. The van der Waals surface area contributed by atoms with Crippen LogP contribution in [0.25, 0.3) is 0 Å². The van der Waals surface area contributed by atoms with Crippen molar-refractivity contribution in [1.82, 2.24) is 9.97 Å². The van der Waals surface area contributed by atoms with Crippen molar-refractivity contribution in [2.24, 2.45) is 5.73 Å². The van der Waals surface area contributed by atoms with Crippen LogP contribution < -0.4 is 16.4 Å². The topological polar surface area (TPSA) is 107 Å². The van der Waals surface area contributed by atoms with Crippen molar-refractivity contribution in [3.63, 3.8) is 0 Å². The third-order valence-electron chi connectivity index (χ3n) is 2.43. The summed E-state index contributed by atoms with van der Waals surface area (Å²) in [7, 11) is 0. The van der Waals surface area contributed by atoms with Gasteiger partial charge in [-0.2, -0.15) is 0 Å². The number of anilines is 2. The lowest BCUT2D eigenvalue weighted by Gasteiger charge is -2.16. The van der Waals surface area contributed by atoms with Crippen LogP contribution in [-0.2, 0) is 4.74 Å². The van der Waals surface area contributed by atoms with E-state index in [1.165, 1.54) is 6.33 Å². The van der Waals surface area contributed by atoms with Crippen LogP contribution in [0.1, 0.15) is 6.42 Å². The molecule has 1 aliphatic rings. The molecule has 0 bridgehead atoms. The Labute approximate surface area is 92.4 Å². The predicted molar refractivity (Wildman–Crippen MR) is 57.7 cm³/mol. The van der Waals surface area contributed by atoms with Gasteiger partial charge in [-0.3, -0.25) is 0 Å². The van der Waals surface area contributed by atoms with Crippen molar-refractivity contribution in [2.45, 2.75) is 12.5 Å². The van der Waals surface area contributed by atoms with Gasteiger partial charge in [0.15, 0.2) is 0 Å². The highest BCUT2D eigenvalue weighted by atomic mass is 16.6. The lowest BCUT2D eigenvalue weighted by molar-refractivity contribution is 0.117. The van der Waals surface area contributed by atoms with E-state index in [4.69, 9.17) is 16.2 Å². The van der Waals surface area contributed by atoms with Gasteiger partial charge >= 0.3 is 6.09 Å². The van der Waals surface area contributed by atoms with Crippen LogP contribution in [0, 0.1) is 0 Å². The number of aromatic nitrogens is 2. The van der Waals surface area contributed by atoms with Crippen LogP contribution in [0.4, 0.5) is 16.4 Å². The average Bonchev–Trinajstić information content (AvgIpc) is 2.65. The molecule has 7 heteroatoms. The maximum atomic E-state index is 10.6. The maximum absolute atomic E-state index is 10.6. The molecule has 1 aromatic rings. The Morgan fingerprint density at radius 1 is 1.56 bits per heavy atom. The van der Waals surface area contributed by atoms with Crippen molar-refractivity contribution in [3.05, 3.63) is 12.4 Å². The van der Waals surface area contributed by atoms with Crippen molar-refractivity contribution in [1.29, 1.82) is 0 Å². The molecule has 0 radical (unpaired) electrons. The number of carbonyl (C=O) groups excluding carboxylic acids is 1. The average molecular weight is 223 g/mol. The number of primary amides is 1. The monoisotopic (exact) mass is 223 g/mol. The van der Waals surface area contributed by atoms with Gasteiger partial charge in [-0.15, -0.1) is 0 Å². The van der Waals surface area contributed by atoms with Crippen LogP contribution in [0.15, 0.2) is 12.4 Å². The zero-order chi connectivity index (χ0) is 11.5. The summed E-state index contributed by atoms with van der Waals surface area (Å²) in [6.07, 6.45) is 1.24. The highest BCUT2D eigenvalue weighted by molar-refractivity contribution is 5.65. The van der Waals surface area contributed by atoms with Gasteiger partial charge < -0.3 is 21.1 Å². The van der Waals surface area contributed by atoms with Gasteiger partial charge in [-0.25, -0.2) is 14.8 Å². The van der Waals surface area contributed by atoms with Crippen LogP contribution >= 0.6 is 0 Å². The van der Waals surface area contributed by atoms with Crippen LogP contribution in [-0.4, -0.2) is 35.3 Å². The first-order valence-electron chi connectivity index (χ1n) is 4.93. The third kappa shape index (κ3) is 2.30. The maximum Gasteiger partial charge on any atom is 0.404 e.